The Morgan fingerprint density at radius 2 is 2.22 bits per heavy atom. The van der Waals surface area contributed by atoms with Crippen molar-refractivity contribution in [2.45, 2.75) is 19.4 Å². The minimum Gasteiger partial charge on any atom is -0.397 e. The van der Waals surface area contributed by atoms with Crippen molar-refractivity contribution in [3.05, 3.63) is 23.8 Å². The monoisotopic (exact) mass is 267 g/mol. The predicted octanol–water partition coefficient (Wildman–Crippen LogP) is 2.18. The standard InChI is InChI=1S/C13H21N3OS/c1-4-10(8-18-3)16-12-6-5-9(7-11(12)14)13(17)15-2/h5-7,10,16H,4,8,14H2,1-3H3,(H,15,17). The first kappa shape index (κ1) is 14.7. The van der Waals surface area contributed by atoms with Gasteiger partial charge in [0.1, 0.15) is 0 Å². The van der Waals surface area contributed by atoms with E-state index < -0.39 is 0 Å². The molecule has 1 amide bonds. The molecular formula is C13H21N3OS. The highest BCUT2D eigenvalue weighted by Crippen LogP contribution is 2.22. The number of anilines is 2. The molecule has 1 unspecified atom stereocenters. The van der Waals surface area contributed by atoms with Crippen LogP contribution in [0.1, 0.15) is 23.7 Å². The van der Waals surface area contributed by atoms with Gasteiger partial charge in [-0.25, -0.2) is 0 Å². The number of nitrogen functional groups attached to an aromatic ring is 1. The SMILES string of the molecule is CCC(CSC)Nc1ccc(C(=O)NC)cc1N. The first-order valence-corrected chi connectivity index (χ1v) is 7.38. The molecule has 0 bridgehead atoms. The van der Waals surface area contributed by atoms with Crippen LogP contribution in [0.4, 0.5) is 11.4 Å². The largest absolute Gasteiger partial charge is 0.397 e. The van der Waals surface area contributed by atoms with Crippen LogP contribution in [0.25, 0.3) is 0 Å². The summed E-state index contributed by atoms with van der Waals surface area (Å²) in [5.41, 5.74) is 8.04. The molecule has 0 fully saturated rings. The number of amides is 1. The fourth-order valence-electron chi connectivity index (χ4n) is 1.66. The molecule has 18 heavy (non-hydrogen) atoms. The molecule has 0 radical (unpaired) electrons. The van der Waals surface area contributed by atoms with Gasteiger partial charge >= 0.3 is 0 Å². The summed E-state index contributed by atoms with van der Waals surface area (Å²) in [4.78, 5) is 11.5. The summed E-state index contributed by atoms with van der Waals surface area (Å²) < 4.78 is 0. The summed E-state index contributed by atoms with van der Waals surface area (Å²) in [5.74, 6) is 0.914. The van der Waals surface area contributed by atoms with Gasteiger partial charge in [-0.2, -0.15) is 11.8 Å². The van der Waals surface area contributed by atoms with Crippen molar-refractivity contribution in [2.75, 3.05) is 30.1 Å². The van der Waals surface area contributed by atoms with Gasteiger partial charge in [-0.05, 0) is 30.9 Å². The molecule has 100 valence electrons. The lowest BCUT2D eigenvalue weighted by molar-refractivity contribution is 0.0963. The van der Waals surface area contributed by atoms with Gasteiger partial charge in [-0.15, -0.1) is 0 Å². The zero-order valence-electron chi connectivity index (χ0n) is 11.1. The summed E-state index contributed by atoms with van der Waals surface area (Å²) in [7, 11) is 1.61. The number of benzene rings is 1. The van der Waals surface area contributed by atoms with Gasteiger partial charge in [0.05, 0.1) is 11.4 Å². The fourth-order valence-corrected chi connectivity index (χ4v) is 2.38. The third-order valence-corrected chi connectivity index (χ3v) is 3.50. The molecule has 1 atom stereocenters. The predicted molar refractivity (Wildman–Crippen MR) is 80.3 cm³/mol. The van der Waals surface area contributed by atoms with E-state index in [2.05, 4.69) is 23.8 Å². The van der Waals surface area contributed by atoms with Crippen molar-refractivity contribution in [3.8, 4) is 0 Å². The number of rotatable bonds is 6. The highest BCUT2D eigenvalue weighted by molar-refractivity contribution is 7.98. The van der Waals surface area contributed by atoms with Crippen LogP contribution in [0, 0.1) is 0 Å². The highest BCUT2D eigenvalue weighted by atomic mass is 32.2. The molecule has 0 aliphatic heterocycles. The quantitative estimate of drug-likeness (QED) is 0.691. The van der Waals surface area contributed by atoms with Crippen molar-refractivity contribution in [3.63, 3.8) is 0 Å². The molecule has 0 heterocycles. The van der Waals surface area contributed by atoms with Gasteiger partial charge < -0.3 is 16.4 Å². The van der Waals surface area contributed by atoms with Crippen LogP contribution in [0.3, 0.4) is 0 Å². The van der Waals surface area contributed by atoms with E-state index in [9.17, 15) is 4.79 Å². The Morgan fingerprint density at radius 3 is 2.72 bits per heavy atom. The second-order valence-electron chi connectivity index (χ2n) is 4.09. The van der Waals surface area contributed by atoms with Crippen LogP contribution in [0.2, 0.25) is 0 Å². The Bertz CT molecular complexity index is 409. The minimum absolute atomic E-state index is 0.121. The summed E-state index contributed by atoms with van der Waals surface area (Å²) in [6.45, 7) is 2.14. The molecule has 1 aromatic rings. The van der Waals surface area contributed by atoms with E-state index in [-0.39, 0.29) is 5.91 Å². The lowest BCUT2D eigenvalue weighted by Gasteiger charge is -2.18. The maximum absolute atomic E-state index is 11.5. The molecule has 5 heteroatoms. The van der Waals surface area contributed by atoms with Crippen LogP contribution in [-0.2, 0) is 0 Å². The van der Waals surface area contributed by atoms with E-state index in [1.54, 1.807) is 30.9 Å². The van der Waals surface area contributed by atoms with Crippen molar-refractivity contribution < 1.29 is 4.79 Å². The van der Waals surface area contributed by atoms with Gasteiger partial charge in [-0.3, -0.25) is 4.79 Å². The lowest BCUT2D eigenvalue weighted by atomic mass is 10.1. The van der Waals surface area contributed by atoms with E-state index in [1.807, 2.05) is 6.07 Å². The third-order valence-electron chi connectivity index (χ3n) is 2.76. The highest BCUT2D eigenvalue weighted by Gasteiger charge is 2.10. The van der Waals surface area contributed by atoms with E-state index in [0.717, 1.165) is 17.9 Å². The zero-order valence-corrected chi connectivity index (χ0v) is 11.9. The summed E-state index contributed by atoms with van der Waals surface area (Å²) in [5, 5.41) is 5.99. The maximum Gasteiger partial charge on any atom is 0.251 e. The number of thioether (sulfide) groups is 1. The molecule has 0 saturated carbocycles. The molecule has 0 saturated heterocycles. The van der Waals surface area contributed by atoms with Crippen LogP contribution < -0.4 is 16.4 Å². The zero-order chi connectivity index (χ0) is 13.5. The minimum atomic E-state index is -0.121. The molecule has 0 aromatic heterocycles. The van der Waals surface area contributed by atoms with E-state index in [0.29, 0.717) is 17.3 Å². The molecule has 0 aliphatic carbocycles. The van der Waals surface area contributed by atoms with Crippen molar-refractivity contribution in [1.29, 1.82) is 0 Å². The molecule has 1 rings (SSSR count). The Balaban J connectivity index is 2.82. The average Bonchev–Trinajstić information content (AvgIpc) is 2.39. The topological polar surface area (TPSA) is 67.2 Å². The molecule has 1 aromatic carbocycles. The Hall–Kier alpha value is -1.36. The lowest BCUT2D eigenvalue weighted by Crippen LogP contribution is -2.22. The molecule has 0 spiro atoms. The summed E-state index contributed by atoms with van der Waals surface area (Å²) in [6, 6.07) is 5.74. The number of nitrogens with two attached hydrogens (primary N) is 1. The first-order chi connectivity index (χ1) is 8.62. The van der Waals surface area contributed by atoms with Crippen LogP contribution in [0.15, 0.2) is 18.2 Å². The number of carbonyl (C=O) groups excluding carboxylic acids is 1. The maximum atomic E-state index is 11.5. The van der Waals surface area contributed by atoms with E-state index >= 15 is 0 Å². The van der Waals surface area contributed by atoms with E-state index in [1.165, 1.54) is 0 Å². The van der Waals surface area contributed by atoms with Gasteiger partial charge in [0.2, 0.25) is 0 Å². The second kappa shape index (κ2) is 7.16. The van der Waals surface area contributed by atoms with Crippen LogP contribution >= 0.6 is 11.8 Å². The van der Waals surface area contributed by atoms with E-state index in [4.69, 9.17) is 5.73 Å². The number of hydrogen-bond donors (Lipinski definition) is 3. The van der Waals surface area contributed by atoms with Gasteiger partial charge in [0.25, 0.3) is 5.91 Å². The number of carbonyl (C=O) groups is 1. The smallest absolute Gasteiger partial charge is 0.251 e. The first-order valence-electron chi connectivity index (χ1n) is 5.99. The third kappa shape index (κ3) is 3.84. The van der Waals surface area contributed by atoms with Gasteiger partial charge in [0, 0.05) is 24.4 Å². The Labute approximate surface area is 113 Å². The fraction of sp³-hybridized carbons (Fsp3) is 0.462. The normalized spacial score (nSPS) is 11.9. The molecule has 4 nitrogen and oxygen atoms in total. The average molecular weight is 267 g/mol. The van der Waals surface area contributed by atoms with Crippen LogP contribution in [0.5, 0.6) is 0 Å². The second-order valence-corrected chi connectivity index (χ2v) is 5.00. The Morgan fingerprint density at radius 1 is 1.50 bits per heavy atom. The van der Waals surface area contributed by atoms with Crippen molar-refractivity contribution in [1.82, 2.24) is 5.32 Å². The molecular weight excluding hydrogens is 246 g/mol. The number of hydrogen-bond acceptors (Lipinski definition) is 4. The molecule has 0 aliphatic rings. The summed E-state index contributed by atoms with van der Waals surface area (Å²) in [6.07, 6.45) is 3.12. The van der Waals surface area contributed by atoms with Gasteiger partial charge in [0.15, 0.2) is 0 Å². The van der Waals surface area contributed by atoms with Crippen molar-refractivity contribution >= 4 is 29.0 Å². The number of nitrogens with one attached hydrogen (secondary N) is 2. The summed E-state index contributed by atoms with van der Waals surface area (Å²) >= 11 is 1.80. The molecule has 4 N–H and O–H groups in total. The van der Waals surface area contributed by atoms with Crippen LogP contribution in [-0.4, -0.2) is 31.0 Å². The Kier molecular flexibility index (Phi) is 5.85. The van der Waals surface area contributed by atoms with Crippen molar-refractivity contribution in [2.24, 2.45) is 0 Å². The van der Waals surface area contributed by atoms with Gasteiger partial charge in [-0.1, -0.05) is 6.92 Å².